The molecule has 0 bridgehead atoms. The minimum atomic E-state index is -0.905. The van der Waals surface area contributed by atoms with Crippen molar-refractivity contribution in [3.63, 3.8) is 0 Å². The van der Waals surface area contributed by atoms with Crippen LogP contribution in [0.4, 0.5) is 19.8 Å². The van der Waals surface area contributed by atoms with E-state index in [2.05, 4.69) is 11.0 Å². The van der Waals surface area contributed by atoms with Crippen LogP contribution in [0.1, 0.15) is 50.4 Å². The summed E-state index contributed by atoms with van der Waals surface area (Å²) in [5, 5.41) is 9.58. The average Bonchev–Trinajstić information content (AvgIpc) is 3.34. The van der Waals surface area contributed by atoms with Gasteiger partial charge in [-0.05, 0) is 46.2 Å². The number of amides is 2. The number of hydrogen-bond donors (Lipinski definition) is 0. The standard InChI is InChI=1S/C32H42FN7O5/c1-32(2,3)45-31(42)40-15-14-38(18-24(40)10-12-34)28-26-11-13-39(30(41)44-20-22-8-6-5-7-9-22)19-27(26)35-29(36-28)43-21-25-16-23(33)17-37(25)4/h5-9,23-25H,10-11,13-21H2,1-4H3/t23-,24+,25+/m1/s1. The molecule has 3 aliphatic heterocycles. The molecule has 0 saturated carbocycles. The van der Waals surface area contributed by atoms with Crippen LogP contribution in [0, 0.1) is 11.3 Å². The van der Waals surface area contributed by atoms with Gasteiger partial charge in [0.05, 0.1) is 30.8 Å². The smallest absolute Gasteiger partial charge is 0.410 e. The molecule has 3 atom stereocenters. The van der Waals surface area contributed by atoms with Crippen molar-refractivity contribution in [3.05, 3.63) is 47.2 Å². The molecular weight excluding hydrogens is 581 g/mol. The lowest BCUT2D eigenvalue weighted by atomic mass is 10.0. The summed E-state index contributed by atoms with van der Waals surface area (Å²) in [7, 11) is 1.87. The van der Waals surface area contributed by atoms with Crippen LogP contribution in [0.3, 0.4) is 0 Å². The number of anilines is 1. The summed E-state index contributed by atoms with van der Waals surface area (Å²) < 4.78 is 31.3. The molecule has 3 aliphatic rings. The lowest BCUT2D eigenvalue weighted by molar-refractivity contribution is 0.0144. The van der Waals surface area contributed by atoms with Gasteiger partial charge in [0.15, 0.2) is 0 Å². The van der Waals surface area contributed by atoms with Crippen molar-refractivity contribution >= 4 is 18.0 Å². The predicted molar refractivity (Wildman–Crippen MR) is 163 cm³/mol. The van der Waals surface area contributed by atoms with E-state index in [0.29, 0.717) is 57.1 Å². The second-order valence-electron chi connectivity index (χ2n) is 12.8. The number of alkyl halides is 1. The number of carbonyl (C=O) groups excluding carboxylic acids is 2. The Morgan fingerprint density at radius 3 is 2.53 bits per heavy atom. The quantitative estimate of drug-likeness (QED) is 0.448. The lowest BCUT2D eigenvalue weighted by Crippen LogP contribution is -2.56. The van der Waals surface area contributed by atoms with Gasteiger partial charge >= 0.3 is 18.2 Å². The van der Waals surface area contributed by atoms with Gasteiger partial charge in [-0.2, -0.15) is 15.2 Å². The Morgan fingerprint density at radius 1 is 1.07 bits per heavy atom. The van der Waals surface area contributed by atoms with E-state index in [1.165, 1.54) is 0 Å². The van der Waals surface area contributed by atoms with Crippen molar-refractivity contribution in [3.8, 4) is 12.1 Å². The van der Waals surface area contributed by atoms with Crippen molar-refractivity contribution in [1.82, 2.24) is 24.7 Å². The molecule has 1 aromatic heterocycles. The van der Waals surface area contributed by atoms with Crippen LogP contribution in [-0.2, 0) is 29.0 Å². The SMILES string of the molecule is CN1C[C@H](F)C[C@H]1COc1nc2c(c(N3CCN(C(=O)OC(C)(C)C)[C@@H](CC#N)C3)n1)CCN(C(=O)OCc1ccccc1)C2. The fourth-order valence-electron chi connectivity index (χ4n) is 5.95. The van der Waals surface area contributed by atoms with Crippen LogP contribution in [0.5, 0.6) is 6.01 Å². The summed E-state index contributed by atoms with van der Waals surface area (Å²) in [4.78, 5) is 42.7. The molecule has 2 amide bonds. The Morgan fingerprint density at radius 2 is 1.84 bits per heavy atom. The van der Waals surface area contributed by atoms with Crippen LogP contribution in [0.2, 0.25) is 0 Å². The fraction of sp³-hybridized carbons (Fsp3) is 0.594. The number of likely N-dealkylation sites (N-methyl/N-ethyl adjacent to an activating group) is 1. The van der Waals surface area contributed by atoms with Gasteiger partial charge in [0.1, 0.15) is 30.8 Å². The number of rotatable bonds is 7. The second-order valence-corrected chi connectivity index (χ2v) is 12.8. The van der Waals surface area contributed by atoms with E-state index in [-0.39, 0.29) is 38.2 Å². The maximum atomic E-state index is 14.0. The van der Waals surface area contributed by atoms with Crippen LogP contribution >= 0.6 is 0 Å². The van der Waals surface area contributed by atoms with E-state index >= 15 is 0 Å². The first-order chi connectivity index (χ1) is 21.5. The summed E-state index contributed by atoms with van der Waals surface area (Å²) >= 11 is 0. The Kier molecular flexibility index (Phi) is 9.92. The van der Waals surface area contributed by atoms with Gasteiger partial charge in [0, 0.05) is 44.3 Å². The minimum Gasteiger partial charge on any atom is -0.462 e. The minimum absolute atomic E-state index is 0.107. The highest BCUT2D eigenvalue weighted by Gasteiger charge is 2.37. The van der Waals surface area contributed by atoms with Gasteiger partial charge in [-0.3, -0.25) is 4.90 Å². The average molecular weight is 624 g/mol. The zero-order valence-corrected chi connectivity index (χ0v) is 26.4. The predicted octanol–water partition coefficient (Wildman–Crippen LogP) is 3.93. The molecule has 2 fully saturated rings. The van der Waals surface area contributed by atoms with Crippen LogP contribution in [0.15, 0.2) is 30.3 Å². The normalized spacial score (nSPS) is 22.0. The number of nitriles is 1. The molecule has 1 aromatic carbocycles. The summed E-state index contributed by atoms with van der Waals surface area (Å²) in [6, 6.07) is 11.3. The number of halogens is 1. The first-order valence-corrected chi connectivity index (χ1v) is 15.4. The molecule has 2 saturated heterocycles. The molecule has 0 spiro atoms. The van der Waals surface area contributed by atoms with Gasteiger partial charge in [-0.1, -0.05) is 30.3 Å². The number of ether oxygens (including phenoxy) is 3. The molecule has 0 aliphatic carbocycles. The highest BCUT2D eigenvalue weighted by molar-refractivity contribution is 5.70. The molecule has 13 heteroatoms. The maximum Gasteiger partial charge on any atom is 0.410 e. The number of likely N-dealkylation sites (tertiary alicyclic amines) is 1. The Bertz CT molecular complexity index is 1400. The second kappa shape index (κ2) is 13.9. The Labute approximate surface area is 263 Å². The Balaban J connectivity index is 1.36. The van der Waals surface area contributed by atoms with Crippen molar-refractivity contribution < 1.29 is 28.2 Å². The highest BCUT2D eigenvalue weighted by Crippen LogP contribution is 2.31. The van der Waals surface area contributed by atoms with Crippen molar-refractivity contribution in [2.24, 2.45) is 0 Å². The molecule has 5 rings (SSSR count). The number of benzene rings is 1. The Hall–Kier alpha value is -4.18. The lowest BCUT2D eigenvalue weighted by Gasteiger charge is -2.42. The number of fused-ring (bicyclic) bond motifs is 1. The van der Waals surface area contributed by atoms with E-state index in [1.807, 2.05) is 63.1 Å². The molecule has 0 radical (unpaired) electrons. The number of nitrogens with zero attached hydrogens (tertiary/aromatic N) is 7. The van der Waals surface area contributed by atoms with Crippen molar-refractivity contribution in [2.45, 2.75) is 77.0 Å². The van der Waals surface area contributed by atoms with Gasteiger partial charge < -0.3 is 28.9 Å². The first kappa shape index (κ1) is 32.2. The van der Waals surface area contributed by atoms with Crippen LogP contribution in [-0.4, -0.2) is 107 Å². The number of aromatic nitrogens is 2. The largest absolute Gasteiger partial charge is 0.462 e. The third kappa shape index (κ3) is 8.11. The molecule has 0 unspecified atom stereocenters. The zero-order valence-electron chi connectivity index (χ0n) is 26.4. The summed E-state index contributed by atoms with van der Waals surface area (Å²) in [6.45, 7) is 7.99. The van der Waals surface area contributed by atoms with Gasteiger partial charge in [0.2, 0.25) is 0 Å². The molecular formula is C32H42FN7O5. The van der Waals surface area contributed by atoms with E-state index in [4.69, 9.17) is 24.2 Å². The zero-order chi connectivity index (χ0) is 32.1. The van der Waals surface area contributed by atoms with Crippen LogP contribution < -0.4 is 9.64 Å². The third-order valence-corrected chi connectivity index (χ3v) is 8.27. The number of piperazine rings is 1. The van der Waals surface area contributed by atoms with Crippen molar-refractivity contribution in [1.29, 1.82) is 5.26 Å². The van der Waals surface area contributed by atoms with E-state index < -0.39 is 30.0 Å². The topological polar surface area (TPSA) is 124 Å². The molecule has 242 valence electrons. The number of hydrogen-bond acceptors (Lipinski definition) is 10. The maximum absolute atomic E-state index is 14.0. The molecule has 12 nitrogen and oxygen atoms in total. The summed E-state index contributed by atoms with van der Waals surface area (Å²) in [5.74, 6) is 0.655. The van der Waals surface area contributed by atoms with Crippen LogP contribution in [0.25, 0.3) is 0 Å². The fourth-order valence-corrected chi connectivity index (χ4v) is 5.95. The summed E-state index contributed by atoms with van der Waals surface area (Å²) in [6.07, 6.45) is -0.794. The van der Waals surface area contributed by atoms with E-state index in [0.717, 1.165) is 11.1 Å². The molecule has 45 heavy (non-hydrogen) atoms. The van der Waals surface area contributed by atoms with Gasteiger partial charge in [-0.25, -0.2) is 14.0 Å². The first-order valence-electron chi connectivity index (χ1n) is 15.4. The van der Waals surface area contributed by atoms with E-state index in [9.17, 15) is 19.2 Å². The molecule has 0 N–H and O–H groups in total. The van der Waals surface area contributed by atoms with Gasteiger partial charge in [0.25, 0.3) is 0 Å². The number of carbonyl (C=O) groups is 2. The van der Waals surface area contributed by atoms with Gasteiger partial charge in [-0.15, -0.1) is 0 Å². The summed E-state index contributed by atoms with van der Waals surface area (Å²) in [5.41, 5.74) is 1.77. The molecule has 4 heterocycles. The highest BCUT2D eigenvalue weighted by atomic mass is 19.1. The van der Waals surface area contributed by atoms with E-state index in [1.54, 1.807) is 9.80 Å². The van der Waals surface area contributed by atoms with Crippen molar-refractivity contribution in [2.75, 3.05) is 51.3 Å². The third-order valence-electron chi connectivity index (χ3n) is 8.27. The monoisotopic (exact) mass is 623 g/mol. The molecule has 2 aromatic rings.